The molecule has 1 aliphatic carbocycles. The Morgan fingerprint density at radius 2 is 1.95 bits per heavy atom. The number of hydrogen-bond acceptors (Lipinski definition) is 5. The quantitative estimate of drug-likeness (QED) is 0.860. The van der Waals surface area contributed by atoms with Crippen molar-refractivity contribution in [1.29, 1.82) is 0 Å². The van der Waals surface area contributed by atoms with Crippen molar-refractivity contribution in [2.75, 3.05) is 7.11 Å². The summed E-state index contributed by atoms with van der Waals surface area (Å²) in [6.07, 6.45) is 4.87. The number of methoxy groups -OCH3 is 1. The third kappa shape index (κ3) is 2.55. The van der Waals surface area contributed by atoms with Gasteiger partial charge in [0.2, 0.25) is 0 Å². The first kappa shape index (κ1) is 14.1. The molecule has 1 aromatic rings. The maximum absolute atomic E-state index is 11.5. The van der Waals surface area contributed by atoms with Crippen LogP contribution in [0.3, 0.4) is 0 Å². The zero-order valence-electron chi connectivity index (χ0n) is 11.1. The van der Waals surface area contributed by atoms with Crippen molar-refractivity contribution >= 4 is 23.1 Å². The van der Waals surface area contributed by atoms with Crippen LogP contribution >= 0.6 is 11.3 Å². The molecule has 2 rings (SSSR count). The summed E-state index contributed by atoms with van der Waals surface area (Å²) in [6, 6.07) is 0. The number of Topliss-reactive ketones (excluding diaryl/α,β-unsaturated/α-hetero) is 1. The van der Waals surface area contributed by atoms with Gasteiger partial charge in [-0.25, -0.2) is 9.78 Å². The monoisotopic (exact) mass is 283 g/mol. The highest BCUT2D eigenvalue weighted by Crippen LogP contribution is 2.42. The number of hydrogen-bond donors (Lipinski definition) is 1. The molecule has 1 aromatic heterocycles. The van der Waals surface area contributed by atoms with Crippen molar-refractivity contribution < 1.29 is 19.4 Å². The van der Waals surface area contributed by atoms with Gasteiger partial charge in [-0.3, -0.25) is 4.79 Å². The molecule has 5 nitrogen and oxygen atoms in total. The van der Waals surface area contributed by atoms with E-state index in [0.29, 0.717) is 5.01 Å². The molecule has 0 aromatic carbocycles. The number of aromatic carboxylic acids is 1. The highest BCUT2D eigenvalue weighted by atomic mass is 32.1. The zero-order chi connectivity index (χ0) is 14.0. The molecular weight excluding hydrogens is 266 g/mol. The van der Waals surface area contributed by atoms with Crippen LogP contribution < -0.4 is 0 Å². The average molecular weight is 283 g/mol. The number of carboxylic acid groups (broad SMARTS) is 1. The molecule has 0 atom stereocenters. The number of aromatic nitrogens is 1. The maximum atomic E-state index is 11.5. The Bertz CT molecular complexity index is 471. The lowest BCUT2D eigenvalue weighted by Crippen LogP contribution is -2.31. The van der Waals surface area contributed by atoms with Crippen LogP contribution in [0.25, 0.3) is 0 Å². The van der Waals surface area contributed by atoms with Crippen LogP contribution in [-0.4, -0.2) is 29.0 Å². The predicted molar refractivity (Wildman–Crippen MR) is 70.8 cm³/mol. The average Bonchev–Trinajstić information content (AvgIpc) is 2.85. The van der Waals surface area contributed by atoms with Gasteiger partial charge >= 0.3 is 5.97 Å². The number of carboxylic acids is 1. The van der Waals surface area contributed by atoms with Gasteiger partial charge in [0, 0.05) is 14.0 Å². The molecule has 0 aliphatic heterocycles. The van der Waals surface area contributed by atoms with Crippen molar-refractivity contribution in [2.45, 2.75) is 44.6 Å². The van der Waals surface area contributed by atoms with E-state index in [1.165, 1.54) is 6.92 Å². The molecule has 0 radical (unpaired) electrons. The van der Waals surface area contributed by atoms with E-state index in [4.69, 9.17) is 9.84 Å². The molecule has 1 aliphatic rings. The summed E-state index contributed by atoms with van der Waals surface area (Å²) in [5.41, 5.74) is -0.657. The van der Waals surface area contributed by atoms with Crippen LogP contribution in [-0.2, 0) is 10.3 Å². The lowest BCUT2D eigenvalue weighted by Gasteiger charge is -2.33. The minimum absolute atomic E-state index is 0.144. The van der Waals surface area contributed by atoms with Gasteiger partial charge in [0.1, 0.15) is 15.5 Å². The summed E-state index contributed by atoms with van der Waals surface area (Å²) < 4.78 is 5.64. The molecule has 19 heavy (non-hydrogen) atoms. The van der Waals surface area contributed by atoms with Crippen molar-refractivity contribution in [1.82, 2.24) is 4.98 Å². The van der Waals surface area contributed by atoms with Gasteiger partial charge in [0.05, 0.1) is 0 Å². The fourth-order valence-corrected chi connectivity index (χ4v) is 3.70. The molecule has 0 bridgehead atoms. The number of thiazole rings is 1. The lowest BCUT2D eigenvalue weighted by atomic mass is 9.85. The number of ketones is 1. The second-order valence-electron chi connectivity index (χ2n) is 4.82. The van der Waals surface area contributed by atoms with Crippen LogP contribution in [0.15, 0.2) is 0 Å². The number of nitrogens with zero attached hydrogens (tertiary/aromatic N) is 1. The van der Waals surface area contributed by atoms with Crippen LogP contribution in [0.5, 0.6) is 0 Å². The van der Waals surface area contributed by atoms with Crippen molar-refractivity contribution in [3.8, 4) is 0 Å². The summed E-state index contributed by atoms with van der Waals surface area (Å²) in [7, 11) is 1.63. The van der Waals surface area contributed by atoms with Crippen LogP contribution in [0.4, 0.5) is 0 Å². The Morgan fingerprint density at radius 3 is 2.37 bits per heavy atom. The Labute approximate surface area is 115 Å². The maximum Gasteiger partial charge on any atom is 0.356 e. The molecule has 0 amide bonds. The lowest BCUT2D eigenvalue weighted by molar-refractivity contribution is -0.0446. The number of carbonyl (C=O) groups is 2. The SMILES string of the molecule is COC1(c2nc(C(=O)O)c(C(C)=O)s2)CCCCC1. The molecule has 0 saturated heterocycles. The third-order valence-electron chi connectivity index (χ3n) is 3.59. The van der Waals surface area contributed by atoms with Gasteiger partial charge in [0.25, 0.3) is 0 Å². The standard InChI is InChI=1S/C13H17NO4S/c1-8(15)10-9(11(16)17)14-12(19-10)13(18-2)6-4-3-5-7-13/h3-7H2,1-2H3,(H,16,17). The second kappa shape index (κ2) is 5.38. The summed E-state index contributed by atoms with van der Waals surface area (Å²) in [4.78, 5) is 27.1. The Balaban J connectivity index is 2.46. The smallest absolute Gasteiger partial charge is 0.356 e. The summed E-state index contributed by atoms with van der Waals surface area (Å²) in [6.45, 7) is 1.37. The molecule has 1 saturated carbocycles. The minimum atomic E-state index is -1.16. The van der Waals surface area contributed by atoms with E-state index in [9.17, 15) is 9.59 Å². The Morgan fingerprint density at radius 1 is 1.32 bits per heavy atom. The molecule has 1 heterocycles. The van der Waals surface area contributed by atoms with Crippen LogP contribution in [0.2, 0.25) is 0 Å². The topological polar surface area (TPSA) is 76.5 Å². The molecule has 0 unspecified atom stereocenters. The number of rotatable bonds is 4. The summed E-state index contributed by atoms with van der Waals surface area (Å²) in [5, 5.41) is 9.76. The third-order valence-corrected chi connectivity index (χ3v) is 4.93. The Hall–Kier alpha value is -1.27. The second-order valence-corrected chi connectivity index (χ2v) is 5.82. The highest BCUT2D eigenvalue weighted by Gasteiger charge is 2.38. The fraction of sp³-hybridized carbons (Fsp3) is 0.615. The largest absolute Gasteiger partial charge is 0.476 e. The normalized spacial score (nSPS) is 18.2. The van der Waals surface area contributed by atoms with E-state index < -0.39 is 11.6 Å². The van der Waals surface area contributed by atoms with E-state index in [2.05, 4.69) is 4.98 Å². The molecule has 0 spiro atoms. The minimum Gasteiger partial charge on any atom is -0.476 e. The van der Waals surface area contributed by atoms with E-state index in [0.717, 1.165) is 43.4 Å². The zero-order valence-corrected chi connectivity index (χ0v) is 11.9. The van der Waals surface area contributed by atoms with Crippen molar-refractivity contribution in [3.05, 3.63) is 15.6 Å². The first-order chi connectivity index (χ1) is 9.00. The number of ether oxygens (including phenoxy) is 1. The molecular formula is C13H17NO4S. The van der Waals surface area contributed by atoms with Gasteiger partial charge in [-0.2, -0.15) is 0 Å². The van der Waals surface area contributed by atoms with E-state index >= 15 is 0 Å². The fourth-order valence-electron chi connectivity index (χ4n) is 2.53. The first-order valence-electron chi connectivity index (χ1n) is 6.31. The van der Waals surface area contributed by atoms with E-state index in [1.54, 1.807) is 7.11 Å². The van der Waals surface area contributed by atoms with Gasteiger partial charge in [-0.1, -0.05) is 19.3 Å². The highest BCUT2D eigenvalue weighted by molar-refractivity contribution is 7.14. The van der Waals surface area contributed by atoms with Crippen molar-refractivity contribution in [3.63, 3.8) is 0 Å². The van der Waals surface area contributed by atoms with Gasteiger partial charge in [0.15, 0.2) is 11.5 Å². The molecule has 1 fully saturated rings. The van der Waals surface area contributed by atoms with E-state index in [-0.39, 0.29) is 16.4 Å². The summed E-state index contributed by atoms with van der Waals surface area (Å²) >= 11 is 1.16. The predicted octanol–water partition coefficient (Wildman–Crippen LogP) is 2.85. The van der Waals surface area contributed by atoms with Gasteiger partial charge < -0.3 is 9.84 Å². The summed E-state index contributed by atoms with van der Waals surface area (Å²) in [5.74, 6) is -1.42. The molecule has 6 heteroatoms. The van der Waals surface area contributed by atoms with Crippen LogP contribution in [0.1, 0.15) is 64.2 Å². The van der Waals surface area contributed by atoms with Gasteiger partial charge in [-0.15, -0.1) is 11.3 Å². The Kier molecular flexibility index (Phi) is 4.01. The molecule has 104 valence electrons. The number of carbonyl (C=O) groups excluding carboxylic acids is 1. The van der Waals surface area contributed by atoms with Crippen molar-refractivity contribution in [2.24, 2.45) is 0 Å². The molecule has 1 N–H and O–H groups in total. The first-order valence-corrected chi connectivity index (χ1v) is 7.12. The van der Waals surface area contributed by atoms with Crippen LogP contribution in [0, 0.1) is 0 Å². The van der Waals surface area contributed by atoms with E-state index in [1.807, 2.05) is 0 Å². The van der Waals surface area contributed by atoms with Gasteiger partial charge in [-0.05, 0) is 12.8 Å².